The van der Waals surface area contributed by atoms with E-state index in [1.54, 1.807) is 17.4 Å². The summed E-state index contributed by atoms with van der Waals surface area (Å²) in [6.45, 7) is 9.18. The van der Waals surface area contributed by atoms with Crippen LogP contribution in [0.25, 0.3) is 0 Å². The summed E-state index contributed by atoms with van der Waals surface area (Å²) in [6.07, 6.45) is 1.77. The first kappa shape index (κ1) is 18.9. The Kier molecular flexibility index (Phi) is 6.29. The van der Waals surface area contributed by atoms with Crippen LogP contribution in [0.3, 0.4) is 0 Å². The minimum absolute atomic E-state index is 0.122. The Morgan fingerprint density at radius 3 is 3.00 bits per heavy atom. The lowest BCUT2D eigenvalue weighted by atomic mass is 10.2. The zero-order valence-electron chi connectivity index (χ0n) is 14.7. The number of nitrogens with one attached hydrogen (secondary N) is 1. The highest BCUT2D eigenvalue weighted by molar-refractivity contribution is 8.01. The van der Waals surface area contributed by atoms with Crippen LogP contribution in [0, 0.1) is 13.8 Å². The van der Waals surface area contributed by atoms with Crippen LogP contribution in [0.15, 0.2) is 40.6 Å². The van der Waals surface area contributed by atoms with Gasteiger partial charge in [0.25, 0.3) is 0 Å². The lowest BCUT2D eigenvalue weighted by Gasteiger charge is -2.08. The second kappa shape index (κ2) is 8.66. The molecule has 0 saturated carbocycles. The molecule has 1 N–H and O–H groups in total. The van der Waals surface area contributed by atoms with Crippen LogP contribution in [0.4, 0.5) is 5.13 Å². The van der Waals surface area contributed by atoms with Crippen LogP contribution in [0.1, 0.15) is 26.6 Å². The largest absolute Gasteiger partial charge is 0.357 e. The summed E-state index contributed by atoms with van der Waals surface area (Å²) in [5, 5.41) is 14.1. The molecule has 136 valence electrons. The molecule has 3 aromatic rings. The van der Waals surface area contributed by atoms with Crippen LogP contribution in [0.5, 0.6) is 0 Å². The van der Waals surface area contributed by atoms with Crippen LogP contribution in [0.2, 0.25) is 0 Å². The Balaban J connectivity index is 1.64. The summed E-state index contributed by atoms with van der Waals surface area (Å²) in [5.74, 6) is 0.482. The fraction of sp³-hybridized carbons (Fsp3) is 0.278. The highest BCUT2D eigenvalue weighted by Crippen LogP contribution is 2.27. The van der Waals surface area contributed by atoms with Gasteiger partial charge in [0.2, 0.25) is 5.13 Å². The number of carbonyl (C=O) groups is 1. The maximum atomic E-state index is 12.7. The normalized spacial score (nSPS) is 10.8. The van der Waals surface area contributed by atoms with Crippen molar-refractivity contribution in [3.63, 3.8) is 0 Å². The average molecular weight is 405 g/mol. The van der Waals surface area contributed by atoms with E-state index in [2.05, 4.69) is 44.2 Å². The standard InChI is InChI=1S/C18H20N4OS3/c1-4-7-19-17-20-21-18(26-17)25-11-16(23)15-9-12(2)22(13(15)3)10-14-6-5-8-24-14/h4-6,8-9H,1,7,10-11H2,2-3H3,(H,19,20). The van der Waals surface area contributed by atoms with Crippen molar-refractivity contribution < 1.29 is 4.79 Å². The molecule has 0 atom stereocenters. The molecule has 0 unspecified atom stereocenters. The van der Waals surface area contributed by atoms with Crippen molar-refractivity contribution in [1.82, 2.24) is 14.8 Å². The molecule has 5 nitrogen and oxygen atoms in total. The van der Waals surface area contributed by atoms with Crippen molar-refractivity contribution in [1.29, 1.82) is 0 Å². The summed E-state index contributed by atoms with van der Waals surface area (Å²) < 4.78 is 2.99. The molecule has 0 saturated heterocycles. The Hall–Kier alpha value is -1.90. The van der Waals surface area contributed by atoms with Gasteiger partial charge >= 0.3 is 0 Å². The van der Waals surface area contributed by atoms with Crippen molar-refractivity contribution in [2.75, 3.05) is 17.6 Å². The minimum Gasteiger partial charge on any atom is -0.357 e. The average Bonchev–Trinajstić information content (AvgIpc) is 3.36. The molecular formula is C18H20N4OS3. The molecule has 0 spiro atoms. The number of thiophene rings is 1. The lowest BCUT2D eigenvalue weighted by molar-refractivity contribution is 0.102. The Morgan fingerprint density at radius 1 is 1.42 bits per heavy atom. The number of anilines is 1. The molecule has 0 aliphatic carbocycles. The molecule has 0 amide bonds. The van der Waals surface area contributed by atoms with Gasteiger partial charge < -0.3 is 9.88 Å². The molecule has 0 aliphatic heterocycles. The number of rotatable bonds is 9. The van der Waals surface area contributed by atoms with Crippen LogP contribution in [-0.4, -0.2) is 32.8 Å². The van der Waals surface area contributed by atoms with E-state index in [-0.39, 0.29) is 5.78 Å². The third-order valence-corrected chi connectivity index (χ3v) is 6.77. The van der Waals surface area contributed by atoms with Crippen molar-refractivity contribution >= 4 is 45.4 Å². The van der Waals surface area contributed by atoms with Crippen molar-refractivity contribution in [3.05, 3.63) is 58.1 Å². The van der Waals surface area contributed by atoms with E-state index in [0.29, 0.717) is 12.3 Å². The smallest absolute Gasteiger partial charge is 0.206 e. The lowest BCUT2D eigenvalue weighted by Crippen LogP contribution is -2.07. The monoisotopic (exact) mass is 404 g/mol. The van der Waals surface area contributed by atoms with Crippen LogP contribution in [-0.2, 0) is 6.54 Å². The number of thioether (sulfide) groups is 1. The minimum atomic E-state index is 0.122. The van der Waals surface area contributed by atoms with E-state index < -0.39 is 0 Å². The summed E-state index contributed by atoms with van der Waals surface area (Å²) in [5.41, 5.74) is 2.92. The maximum absolute atomic E-state index is 12.7. The number of aromatic nitrogens is 3. The van der Waals surface area contributed by atoms with Gasteiger partial charge in [0, 0.05) is 28.4 Å². The number of Topliss-reactive ketones (excluding diaryl/α,β-unsaturated/α-hetero) is 1. The quantitative estimate of drug-likeness (QED) is 0.320. The van der Waals surface area contributed by atoms with Gasteiger partial charge in [-0.05, 0) is 31.4 Å². The molecule has 3 aromatic heterocycles. The Bertz CT molecular complexity index is 896. The predicted molar refractivity (Wildman–Crippen MR) is 111 cm³/mol. The van der Waals surface area contributed by atoms with Gasteiger partial charge in [-0.2, -0.15) is 0 Å². The van der Waals surface area contributed by atoms with Crippen LogP contribution >= 0.6 is 34.4 Å². The van der Waals surface area contributed by atoms with Crippen molar-refractivity contribution in [2.24, 2.45) is 0 Å². The zero-order chi connectivity index (χ0) is 18.5. The van der Waals surface area contributed by atoms with E-state index in [4.69, 9.17) is 0 Å². The molecule has 0 aromatic carbocycles. The van der Waals surface area contributed by atoms with Gasteiger partial charge in [-0.15, -0.1) is 28.1 Å². The van der Waals surface area contributed by atoms with Crippen molar-refractivity contribution in [2.45, 2.75) is 24.7 Å². The van der Waals surface area contributed by atoms with Gasteiger partial charge in [0.1, 0.15) is 0 Å². The summed E-state index contributed by atoms with van der Waals surface area (Å²) in [4.78, 5) is 14.0. The van der Waals surface area contributed by atoms with Gasteiger partial charge in [0.15, 0.2) is 10.1 Å². The third kappa shape index (κ3) is 4.44. The number of hydrogen-bond acceptors (Lipinski definition) is 7. The van der Waals surface area contributed by atoms with Gasteiger partial charge in [-0.1, -0.05) is 35.2 Å². The summed E-state index contributed by atoms with van der Waals surface area (Å²) in [7, 11) is 0. The van der Waals surface area contributed by atoms with Gasteiger partial charge in [0.05, 0.1) is 12.3 Å². The fourth-order valence-electron chi connectivity index (χ4n) is 2.59. The first-order chi connectivity index (χ1) is 12.6. The van der Waals surface area contributed by atoms with Gasteiger partial charge in [-0.25, -0.2) is 0 Å². The molecule has 0 aliphatic rings. The van der Waals surface area contributed by atoms with E-state index in [1.807, 2.05) is 19.9 Å². The third-order valence-electron chi connectivity index (χ3n) is 3.90. The molecule has 3 heterocycles. The SMILES string of the molecule is C=CCNc1nnc(SCC(=O)c2cc(C)n(Cc3cccs3)c2C)s1. The van der Waals surface area contributed by atoms with E-state index in [0.717, 1.165) is 33.0 Å². The number of aryl methyl sites for hydroxylation is 1. The Morgan fingerprint density at radius 2 is 2.27 bits per heavy atom. The van der Waals surface area contributed by atoms with Crippen molar-refractivity contribution in [3.8, 4) is 0 Å². The number of nitrogens with zero attached hydrogens (tertiary/aromatic N) is 3. The fourth-order valence-corrected chi connectivity index (χ4v) is 4.92. The molecule has 8 heteroatoms. The van der Waals surface area contributed by atoms with Gasteiger partial charge in [-0.3, -0.25) is 4.79 Å². The predicted octanol–water partition coefficient (Wildman–Crippen LogP) is 4.64. The molecule has 0 fully saturated rings. The second-order valence-corrected chi connectivity index (χ2v) is 8.94. The van der Waals surface area contributed by atoms with Crippen LogP contribution < -0.4 is 5.32 Å². The van der Waals surface area contributed by atoms with E-state index in [9.17, 15) is 4.79 Å². The first-order valence-corrected chi connectivity index (χ1v) is 10.8. The first-order valence-electron chi connectivity index (χ1n) is 8.12. The molecular weight excluding hydrogens is 384 g/mol. The van der Waals surface area contributed by atoms with E-state index in [1.165, 1.54) is 28.0 Å². The second-order valence-electron chi connectivity index (χ2n) is 5.70. The van der Waals surface area contributed by atoms with E-state index >= 15 is 0 Å². The number of carbonyl (C=O) groups excluding carboxylic acids is 1. The number of hydrogen-bond donors (Lipinski definition) is 1. The molecule has 0 radical (unpaired) electrons. The number of ketones is 1. The molecule has 26 heavy (non-hydrogen) atoms. The maximum Gasteiger partial charge on any atom is 0.206 e. The highest BCUT2D eigenvalue weighted by Gasteiger charge is 2.17. The molecule has 3 rings (SSSR count). The highest BCUT2D eigenvalue weighted by atomic mass is 32.2. The zero-order valence-corrected chi connectivity index (χ0v) is 17.1. The summed E-state index contributed by atoms with van der Waals surface area (Å²) >= 11 is 4.61. The summed E-state index contributed by atoms with van der Waals surface area (Å²) in [6, 6.07) is 6.16. The Labute approximate surface area is 165 Å². The molecule has 0 bridgehead atoms. The topological polar surface area (TPSA) is 59.8 Å².